The molecule has 0 saturated heterocycles. The topological polar surface area (TPSA) is 80.5 Å². The molecule has 94 valence electrons. The van der Waals surface area contributed by atoms with E-state index in [4.69, 9.17) is 5.73 Å². The molecule has 1 amide bonds. The van der Waals surface area contributed by atoms with Crippen molar-refractivity contribution in [3.05, 3.63) is 30.1 Å². The fourth-order valence-electron chi connectivity index (χ4n) is 1.43. The highest BCUT2D eigenvalue weighted by Gasteiger charge is 2.27. The maximum atomic E-state index is 13.0. The van der Waals surface area contributed by atoms with Crippen molar-refractivity contribution in [2.75, 3.05) is 10.6 Å². The fraction of sp³-hybridized carbons (Fsp3) is 0.300. The number of nitrogens with zero attached hydrogens (tertiary/aromatic N) is 1. The summed E-state index contributed by atoms with van der Waals surface area (Å²) in [6.45, 7) is 1.34. The molecule has 0 aliphatic rings. The van der Waals surface area contributed by atoms with Gasteiger partial charge in [-0.25, -0.2) is 12.8 Å². The summed E-state index contributed by atoms with van der Waals surface area (Å²) >= 11 is 0. The number of hydrogen-bond donors (Lipinski definition) is 1. The first kappa shape index (κ1) is 13.4. The Morgan fingerprint density at radius 2 is 2.06 bits per heavy atom. The quantitative estimate of drug-likeness (QED) is 0.854. The van der Waals surface area contributed by atoms with Crippen molar-refractivity contribution >= 4 is 21.6 Å². The van der Waals surface area contributed by atoms with E-state index in [1.165, 1.54) is 25.1 Å². The molecule has 17 heavy (non-hydrogen) atoms. The standard InChI is InChI=1S/C10H13FN2O3S/c1-7(10(12)14)13(17(2,15)16)9-5-3-4-8(11)6-9/h3-7H,1-2H3,(H2,12,14)/t7-/m1/s1. The van der Waals surface area contributed by atoms with E-state index >= 15 is 0 Å². The smallest absolute Gasteiger partial charge is 0.241 e. The number of carbonyl (C=O) groups is 1. The Labute approximate surface area is 99.1 Å². The maximum Gasteiger partial charge on any atom is 0.241 e. The van der Waals surface area contributed by atoms with Gasteiger partial charge in [0.2, 0.25) is 15.9 Å². The minimum atomic E-state index is -3.71. The molecule has 0 saturated carbocycles. The van der Waals surface area contributed by atoms with Crippen LogP contribution in [0.15, 0.2) is 24.3 Å². The number of anilines is 1. The van der Waals surface area contributed by atoms with E-state index in [-0.39, 0.29) is 5.69 Å². The highest BCUT2D eigenvalue weighted by molar-refractivity contribution is 7.92. The summed E-state index contributed by atoms with van der Waals surface area (Å²) in [5.74, 6) is -1.40. The first-order valence-electron chi connectivity index (χ1n) is 4.78. The van der Waals surface area contributed by atoms with Crippen LogP contribution in [0.5, 0.6) is 0 Å². The van der Waals surface area contributed by atoms with Crippen LogP contribution in [-0.4, -0.2) is 26.6 Å². The summed E-state index contributed by atoms with van der Waals surface area (Å²) in [5, 5.41) is 0. The minimum Gasteiger partial charge on any atom is -0.368 e. The number of primary amides is 1. The summed E-state index contributed by atoms with van der Waals surface area (Å²) in [4.78, 5) is 11.1. The summed E-state index contributed by atoms with van der Waals surface area (Å²) in [5.41, 5.74) is 5.14. The number of hydrogen-bond acceptors (Lipinski definition) is 3. The lowest BCUT2D eigenvalue weighted by atomic mass is 10.2. The van der Waals surface area contributed by atoms with Crippen molar-refractivity contribution in [1.29, 1.82) is 0 Å². The SMILES string of the molecule is C[C@H](C(N)=O)N(c1cccc(F)c1)S(C)(=O)=O. The van der Waals surface area contributed by atoms with Crippen LogP contribution in [0.25, 0.3) is 0 Å². The van der Waals surface area contributed by atoms with Gasteiger partial charge in [-0.1, -0.05) is 6.07 Å². The molecule has 0 bridgehead atoms. The van der Waals surface area contributed by atoms with Crippen molar-refractivity contribution in [2.24, 2.45) is 5.73 Å². The van der Waals surface area contributed by atoms with Crippen molar-refractivity contribution in [1.82, 2.24) is 0 Å². The van der Waals surface area contributed by atoms with Crippen LogP contribution < -0.4 is 10.0 Å². The predicted molar refractivity (Wildman–Crippen MR) is 62.4 cm³/mol. The van der Waals surface area contributed by atoms with Crippen molar-refractivity contribution in [2.45, 2.75) is 13.0 Å². The Bertz CT molecular complexity index is 530. The molecule has 1 rings (SSSR count). The van der Waals surface area contributed by atoms with Crippen LogP contribution in [0.2, 0.25) is 0 Å². The second-order valence-electron chi connectivity index (χ2n) is 3.62. The number of amides is 1. The molecular weight excluding hydrogens is 247 g/mol. The van der Waals surface area contributed by atoms with E-state index in [9.17, 15) is 17.6 Å². The van der Waals surface area contributed by atoms with Gasteiger partial charge in [0.15, 0.2) is 0 Å². The molecule has 0 spiro atoms. The van der Waals surface area contributed by atoms with Crippen LogP contribution in [0.3, 0.4) is 0 Å². The Kier molecular flexibility index (Phi) is 3.72. The number of halogens is 1. The lowest BCUT2D eigenvalue weighted by Crippen LogP contribution is -2.45. The first-order chi connectivity index (χ1) is 7.73. The molecule has 1 aromatic rings. The number of sulfonamides is 1. The third-order valence-corrected chi connectivity index (χ3v) is 3.43. The molecule has 0 aromatic heterocycles. The lowest BCUT2D eigenvalue weighted by Gasteiger charge is -2.26. The Morgan fingerprint density at radius 3 is 2.47 bits per heavy atom. The zero-order valence-corrected chi connectivity index (χ0v) is 10.2. The molecule has 1 atom stereocenters. The third-order valence-electron chi connectivity index (χ3n) is 2.18. The van der Waals surface area contributed by atoms with Gasteiger partial charge in [-0.15, -0.1) is 0 Å². The van der Waals surface area contributed by atoms with Crippen LogP contribution in [0, 0.1) is 5.82 Å². The number of rotatable bonds is 4. The Morgan fingerprint density at radius 1 is 1.47 bits per heavy atom. The molecule has 1 aromatic carbocycles. The van der Waals surface area contributed by atoms with Gasteiger partial charge < -0.3 is 5.73 Å². The average molecular weight is 260 g/mol. The van der Waals surface area contributed by atoms with Crippen molar-refractivity contribution < 1.29 is 17.6 Å². The molecule has 0 heterocycles. The summed E-state index contributed by atoms with van der Waals surface area (Å²) < 4.78 is 37.0. The van der Waals surface area contributed by atoms with Crippen molar-refractivity contribution in [3.63, 3.8) is 0 Å². The normalized spacial score (nSPS) is 13.1. The van der Waals surface area contributed by atoms with Gasteiger partial charge >= 0.3 is 0 Å². The van der Waals surface area contributed by atoms with Gasteiger partial charge in [0.1, 0.15) is 11.9 Å². The molecule has 7 heteroatoms. The van der Waals surface area contributed by atoms with Crippen LogP contribution >= 0.6 is 0 Å². The zero-order chi connectivity index (χ0) is 13.2. The molecule has 5 nitrogen and oxygen atoms in total. The highest BCUT2D eigenvalue weighted by atomic mass is 32.2. The summed E-state index contributed by atoms with van der Waals surface area (Å²) in [6, 6.07) is 3.88. The van der Waals surface area contributed by atoms with E-state index in [1.54, 1.807) is 0 Å². The fourth-order valence-corrected chi connectivity index (χ4v) is 2.61. The van der Waals surface area contributed by atoms with Gasteiger partial charge in [0.25, 0.3) is 0 Å². The van der Waals surface area contributed by atoms with Crippen LogP contribution in [0.1, 0.15) is 6.92 Å². The average Bonchev–Trinajstić information content (AvgIpc) is 2.15. The molecule has 0 aliphatic heterocycles. The minimum absolute atomic E-state index is 0.0683. The second kappa shape index (κ2) is 4.70. The maximum absolute atomic E-state index is 13.0. The van der Waals surface area contributed by atoms with Gasteiger partial charge in [-0.05, 0) is 25.1 Å². The summed E-state index contributed by atoms with van der Waals surface area (Å²) in [7, 11) is -3.71. The zero-order valence-electron chi connectivity index (χ0n) is 9.42. The second-order valence-corrected chi connectivity index (χ2v) is 5.48. The van der Waals surface area contributed by atoms with E-state index in [0.717, 1.165) is 16.6 Å². The molecule has 0 aliphatic carbocycles. The van der Waals surface area contributed by atoms with Gasteiger partial charge in [0, 0.05) is 0 Å². The summed E-state index contributed by atoms with van der Waals surface area (Å²) in [6.07, 6.45) is 0.928. The number of nitrogens with two attached hydrogens (primary N) is 1. The predicted octanol–water partition coefficient (Wildman–Crippen LogP) is 0.465. The van der Waals surface area contributed by atoms with E-state index < -0.39 is 27.8 Å². The van der Waals surface area contributed by atoms with Crippen molar-refractivity contribution in [3.8, 4) is 0 Å². The monoisotopic (exact) mass is 260 g/mol. The largest absolute Gasteiger partial charge is 0.368 e. The first-order valence-corrected chi connectivity index (χ1v) is 6.62. The highest BCUT2D eigenvalue weighted by Crippen LogP contribution is 2.21. The molecule has 0 unspecified atom stereocenters. The Balaban J connectivity index is 3.30. The third kappa shape index (κ3) is 3.16. The molecular formula is C10H13FN2O3S. The van der Waals surface area contributed by atoms with Crippen LogP contribution in [0.4, 0.5) is 10.1 Å². The van der Waals surface area contributed by atoms with Gasteiger partial charge in [-0.2, -0.15) is 0 Å². The Hall–Kier alpha value is -1.63. The molecule has 0 radical (unpaired) electrons. The van der Waals surface area contributed by atoms with Gasteiger partial charge in [-0.3, -0.25) is 9.10 Å². The molecule has 0 fully saturated rings. The molecule has 2 N–H and O–H groups in total. The van der Waals surface area contributed by atoms with E-state index in [2.05, 4.69) is 0 Å². The lowest BCUT2D eigenvalue weighted by molar-refractivity contribution is -0.118. The van der Waals surface area contributed by atoms with Crippen LogP contribution in [-0.2, 0) is 14.8 Å². The van der Waals surface area contributed by atoms with E-state index in [1.807, 2.05) is 0 Å². The van der Waals surface area contributed by atoms with Gasteiger partial charge in [0.05, 0.1) is 11.9 Å². The van der Waals surface area contributed by atoms with E-state index in [0.29, 0.717) is 0 Å². The number of carbonyl (C=O) groups excluding carboxylic acids is 1. The number of benzene rings is 1.